The number of hydrogen-bond donors (Lipinski definition) is 1. The van der Waals surface area contributed by atoms with Crippen LogP contribution in [0.2, 0.25) is 0 Å². The van der Waals surface area contributed by atoms with Gasteiger partial charge in [0.25, 0.3) is 5.91 Å². The van der Waals surface area contributed by atoms with Crippen LogP contribution in [-0.2, 0) is 13.0 Å². The van der Waals surface area contributed by atoms with E-state index in [1.807, 2.05) is 36.4 Å². The highest BCUT2D eigenvalue weighted by atomic mass is 32.1. The number of nitrogens with zero attached hydrogens (tertiary/aromatic N) is 2. The van der Waals surface area contributed by atoms with E-state index in [0.717, 1.165) is 34.6 Å². The molecule has 1 amide bonds. The average Bonchev–Trinajstić information content (AvgIpc) is 3.29. The number of benzene rings is 4. The topological polar surface area (TPSA) is 54.5 Å². The van der Waals surface area contributed by atoms with Crippen LogP contribution < -0.4 is 15.0 Å². The van der Waals surface area contributed by atoms with Crippen molar-refractivity contribution < 1.29 is 9.53 Å². The number of nitrogens with one attached hydrogen (secondary N) is 1. The molecule has 0 fully saturated rings. The summed E-state index contributed by atoms with van der Waals surface area (Å²) in [5.41, 5.74) is 4.98. The number of rotatable bonds is 4. The molecule has 0 radical (unpaired) electrons. The lowest BCUT2D eigenvalue weighted by Gasteiger charge is -2.31. The number of aromatic nitrogens is 1. The van der Waals surface area contributed by atoms with Crippen molar-refractivity contribution in [3.63, 3.8) is 0 Å². The van der Waals surface area contributed by atoms with Crippen molar-refractivity contribution in [3.05, 3.63) is 95.6 Å². The molecule has 168 valence electrons. The van der Waals surface area contributed by atoms with E-state index in [1.54, 1.807) is 0 Å². The van der Waals surface area contributed by atoms with E-state index in [2.05, 4.69) is 64.6 Å². The number of anilines is 2. The Hall–Kier alpha value is -3.90. The monoisotopic (exact) mass is 465 g/mol. The third kappa shape index (κ3) is 3.76. The van der Waals surface area contributed by atoms with Gasteiger partial charge in [0.2, 0.25) is 0 Å². The Bertz CT molecular complexity index is 1520. The zero-order chi connectivity index (χ0) is 23.1. The number of amides is 1. The van der Waals surface area contributed by atoms with Crippen molar-refractivity contribution in [3.8, 4) is 5.75 Å². The Morgan fingerprint density at radius 1 is 1.06 bits per heavy atom. The Balaban J connectivity index is 1.19. The molecule has 0 unspecified atom stereocenters. The molecule has 0 spiro atoms. The largest absolute Gasteiger partial charge is 0.473 e. The summed E-state index contributed by atoms with van der Waals surface area (Å²) in [5.74, 6) is 0.778. The summed E-state index contributed by atoms with van der Waals surface area (Å²) < 4.78 is 7.13. The molecule has 0 saturated carbocycles. The van der Waals surface area contributed by atoms with Crippen LogP contribution in [0.15, 0.2) is 78.9 Å². The number of ether oxygens (including phenoxy) is 1. The summed E-state index contributed by atoms with van der Waals surface area (Å²) in [6.07, 6.45) is 0.978. The molecule has 0 saturated heterocycles. The Morgan fingerprint density at radius 3 is 2.76 bits per heavy atom. The predicted molar refractivity (Wildman–Crippen MR) is 139 cm³/mol. The van der Waals surface area contributed by atoms with E-state index < -0.39 is 0 Å². The number of aryl methyl sites for hydroxylation is 1. The zero-order valence-electron chi connectivity index (χ0n) is 18.7. The molecule has 4 aromatic carbocycles. The Labute approximate surface area is 201 Å². The number of fused-ring (bicyclic) bond motifs is 4. The molecule has 6 heteroatoms. The maximum absolute atomic E-state index is 12.8. The van der Waals surface area contributed by atoms with Gasteiger partial charge < -0.3 is 9.64 Å². The first-order valence-electron chi connectivity index (χ1n) is 11.4. The van der Waals surface area contributed by atoms with Crippen LogP contribution in [0.25, 0.3) is 21.0 Å². The molecule has 6 rings (SSSR count). The molecular formula is C28H23N3O2S. The van der Waals surface area contributed by atoms with Gasteiger partial charge in [-0.05, 0) is 65.2 Å². The third-order valence-corrected chi connectivity index (χ3v) is 7.23. The molecule has 0 bridgehead atoms. The molecule has 0 aliphatic carbocycles. The number of carbonyl (C=O) groups excluding carboxylic acids is 1. The lowest BCUT2D eigenvalue weighted by molar-refractivity contribution is 0.102. The molecule has 2 heterocycles. The minimum atomic E-state index is -0.160. The van der Waals surface area contributed by atoms with Gasteiger partial charge in [0.1, 0.15) is 5.75 Å². The van der Waals surface area contributed by atoms with E-state index in [1.165, 1.54) is 33.2 Å². The molecule has 0 atom stereocenters. The van der Waals surface area contributed by atoms with Crippen LogP contribution in [-0.4, -0.2) is 17.6 Å². The quantitative estimate of drug-likeness (QED) is 0.324. The molecule has 34 heavy (non-hydrogen) atoms. The summed E-state index contributed by atoms with van der Waals surface area (Å²) in [7, 11) is 0. The van der Waals surface area contributed by atoms with Crippen LogP contribution in [0.4, 0.5) is 10.8 Å². The van der Waals surface area contributed by atoms with Crippen molar-refractivity contribution in [2.45, 2.75) is 19.9 Å². The summed E-state index contributed by atoms with van der Waals surface area (Å²) >= 11 is 1.50. The van der Waals surface area contributed by atoms with Gasteiger partial charge >= 0.3 is 0 Å². The van der Waals surface area contributed by atoms with E-state index in [0.29, 0.717) is 17.4 Å². The van der Waals surface area contributed by atoms with E-state index >= 15 is 0 Å². The number of carbonyl (C=O) groups is 1. The number of thiazole rings is 1. The fourth-order valence-corrected chi connectivity index (χ4v) is 5.32. The van der Waals surface area contributed by atoms with Gasteiger partial charge in [-0.25, -0.2) is 4.98 Å². The fraction of sp³-hybridized carbons (Fsp3) is 0.143. The van der Waals surface area contributed by atoms with E-state index in [9.17, 15) is 4.79 Å². The van der Waals surface area contributed by atoms with E-state index in [4.69, 9.17) is 4.74 Å². The van der Waals surface area contributed by atoms with Gasteiger partial charge in [-0.2, -0.15) is 0 Å². The predicted octanol–water partition coefficient (Wildman–Crippen LogP) is 6.62. The zero-order valence-corrected chi connectivity index (χ0v) is 19.6. The smallest absolute Gasteiger partial charge is 0.257 e. The molecule has 1 aliphatic heterocycles. The number of hydrogen-bond acceptors (Lipinski definition) is 5. The van der Waals surface area contributed by atoms with Gasteiger partial charge in [-0.3, -0.25) is 10.1 Å². The summed E-state index contributed by atoms with van der Waals surface area (Å²) in [6, 6.07) is 26.4. The van der Waals surface area contributed by atoms with Crippen molar-refractivity contribution >= 4 is 49.1 Å². The standard InChI is InChI=1S/C28H23N3O2S/c1-2-18-7-13-24-26(15-18)34-28(29-24)30-27(32)20-8-11-21(12-9-20)31-16-23-22-6-4-3-5-19(22)10-14-25(23)33-17-31/h3-15H,2,16-17H2,1H3,(H,29,30,32). The van der Waals surface area contributed by atoms with Crippen LogP contribution in [0.5, 0.6) is 5.75 Å². The lowest BCUT2D eigenvalue weighted by Crippen LogP contribution is -2.32. The second-order valence-corrected chi connectivity index (χ2v) is 9.44. The second kappa shape index (κ2) is 8.47. The highest BCUT2D eigenvalue weighted by molar-refractivity contribution is 7.22. The summed E-state index contributed by atoms with van der Waals surface area (Å²) in [6.45, 7) is 3.36. The minimum Gasteiger partial charge on any atom is -0.473 e. The van der Waals surface area contributed by atoms with Crippen molar-refractivity contribution in [1.82, 2.24) is 4.98 Å². The maximum atomic E-state index is 12.8. The first-order valence-corrected chi connectivity index (χ1v) is 12.2. The summed E-state index contributed by atoms with van der Waals surface area (Å²) in [5, 5.41) is 5.98. The van der Waals surface area contributed by atoms with Gasteiger partial charge in [0, 0.05) is 16.8 Å². The minimum absolute atomic E-state index is 0.160. The van der Waals surface area contributed by atoms with Crippen molar-refractivity contribution in [2.24, 2.45) is 0 Å². The van der Waals surface area contributed by atoms with Gasteiger partial charge in [0.15, 0.2) is 11.9 Å². The molecule has 1 aliphatic rings. The van der Waals surface area contributed by atoms with Crippen LogP contribution in [0.3, 0.4) is 0 Å². The fourth-order valence-electron chi connectivity index (χ4n) is 4.40. The van der Waals surface area contributed by atoms with Crippen LogP contribution in [0.1, 0.15) is 28.4 Å². The van der Waals surface area contributed by atoms with Gasteiger partial charge in [-0.1, -0.05) is 54.7 Å². The Morgan fingerprint density at radius 2 is 1.91 bits per heavy atom. The molecule has 1 aromatic heterocycles. The molecule has 5 aromatic rings. The normalized spacial score (nSPS) is 13.0. The maximum Gasteiger partial charge on any atom is 0.257 e. The van der Waals surface area contributed by atoms with Gasteiger partial charge in [0.05, 0.1) is 16.8 Å². The first kappa shape index (κ1) is 20.7. The average molecular weight is 466 g/mol. The summed E-state index contributed by atoms with van der Waals surface area (Å²) in [4.78, 5) is 19.6. The molecular weight excluding hydrogens is 442 g/mol. The molecule has 5 nitrogen and oxygen atoms in total. The third-order valence-electron chi connectivity index (χ3n) is 6.30. The van der Waals surface area contributed by atoms with Crippen LogP contribution in [0, 0.1) is 0 Å². The van der Waals surface area contributed by atoms with E-state index in [-0.39, 0.29) is 5.91 Å². The SMILES string of the molecule is CCc1ccc2nc(NC(=O)c3ccc(N4COc5ccc6ccccc6c5C4)cc3)sc2c1. The Kier molecular flexibility index (Phi) is 5.15. The van der Waals surface area contributed by atoms with Gasteiger partial charge in [-0.15, -0.1) is 0 Å². The van der Waals surface area contributed by atoms with Crippen molar-refractivity contribution in [1.29, 1.82) is 0 Å². The highest BCUT2D eigenvalue weighted by Gasteiger charge is 2.20. The second-order valence-electron chi connectivity index (χ2n) is 8.41. The highest BCUT2D eigenvalue weighted by Crippen LogP contribution is 2.34. The molecule has 1 N–H and O–H groups in total. The first-order chi connectivity index (χ1) is 16.7. The van der Waals surface area contributed by atoms with Crippen LogP contribution >= 0.6 is 11.3 Å². The van der Waals surface area contributed by atoms with Crippen molar-refractivity contribution in [2.75, 3.05) is 16.9 Å². The lowest BCUT2D eigenvalue weighted by atomic mass is 10.0.